The minimum absolute atomic E-state index is 0.0502. The van der Waals surface area contributed by atoms with Crippen LogP contribution in [0.2, 0.25) is 0 Å². The Labute approximate surface area is 151 Å². The molecule has 2 aliphatic rings. The SMILES string of the molecule is CC(NC(=O)c1ccc2c3c(cccc13)CC2)c1ccc2c(c1)OCO2. The zero-order valence-corrected chi connectivity index (χ0v) is 14.5. The van der Waals surface area contributed by atoms with Crippen molar-refractivity contribution in [3.05, 3.63) is 70.8 Å². The van der Waals surface area contributed by atoms with Gasteiger partial charge in [0.25, 0.3) is 5.91 Å². The lowest BCUT2D eigenvalue weighted by Gasteiger charge is -2.16. The standard InChI is InChI=1S/C22H19NO3/c1-13(16-8-10-19-20(11-16)26-12-25-19)23-22(24)18-9-7-15-6-5-14-3-2-4-17(18)21(14)15/h2-4,7-11,13H,5-6,12H2,1H3,(H,23,24). The predicted molar refractivity (Wildman–Crippen MR) is 99.8 cm³/mol. The molecule has 3 aromatic carbocycles. The number of hydrogen-bond donors (Lipinski definition) is 1. The molecule has 0 saturated carbocycles. The van der Waals surface area contributed by atoms with E-state index in [-0.39, 0.29) is 18.7 Å². The molecule has 1 N–H and O–H groups in total. The summed E-state index contributed by atoms with van der Waals surface area (Å²) in [5.41, 5.74) is 4.42. The van der Waals surface area contributed by atoms with Gasteiger partial charge in [0, 0.05) is 5.56 Å². The lowest BCUT2D eigenvalue weighted by atomic mass is 9.99. The van der Waals surface area contributed by atoms with Crippen molar-refractivity contribution in [2.24, 2.45) is 0 Å². The summed E-state index contributed by atoms with van der Waals surface area (Å²) in [6.07, 6.45) is 2.12. The van der Waals surface area contributed by atoms with Crippen LogP contribution in [0.25, 0.3) is 10.8 Å². The number of aryl methyl sites for hydroxylation is 2. The number of carbonyl (C=O) groups excluding carboxylic acids is 1. The number of benzene rings is 3. The van der Waals surface area contributed by atoms with Crippen molar-refractivity contribution in [2.45, 2.75) is 25.8 Å². The van der Waals surface area contributed by atoms with Gasteiger partial charge in [-0.25, -0.2) is 0 Å². The van der Waals surface area contributed by atoms with Gasteiger partial charge in [0.1, 0.15) is 0 Å². The molecule has 1 aliphatic carbocycles. The zero-order valence-electron chi connectivity index (χ0n) is 14.5. The fourth-order valence-corrected chi connectivity index (χ4v) is 3.99. The maximum atomic E-state index is 13.0. The first-order chi connectivity index (χ1) is 12.7. The molecule has 26 heavy (non-hydrogen) atoms. The smallest absolute Gasteiger partial charge is 0.252 e. The second-order valence-corrected chi connectivity index (χ2v) is 6.92. The Morgan fingerprint density at radius 3 is 2.69 bits per heavy atom. The number of ether oxygens (including phenoxy) is 2. The Balaban J connectivity index is 1.45. The van der Waals surface area contributed by atoms with E-state index >= 15 is 0 Å². The van der Waals surface area contributed by atoms with E-state index in [4.69, 9.17) is 9.47 Å². The maximum Gasteiger partial charge on any atom is 0.252 e. The number of fused-ring (bicyclic) bond motifs is 1. The van der Waals surface area contributed by atoms with E-state index in [2.05, 4.69) is 17.4 Å². The molecule has 5 rings (SSSR count). The van der Waals surface area contributed by atoms with Crippen LogP contribution in [-0.4, -0.2) is 12.7 Å². The van der Waals surface area contributed by atoms with E-state index in [0.29, 0.717) is 0 Å². The monoisotopic (exact) mass is 345 g/mol. The van der Waals surface area contributed by atoms with Crippen molar-refractivity contribution in [2.75, 3.05) is 6.79 Å². The van der Waals surface area contributed by atoms with E-state index < -0.39 is 0 Å². The lowest BCUT2D eigenvalue weighted by Crippen LogP contribution is -2.26. The third-order valence-corrected chi connectivity index (χ3v) is 5.37. The highest BCUT2D eigenvalue weighted by Crippen LogP contribution is 2.35. The number of nitrogens with one attached hydrogen (secondary N) is 1. The van der Waals surface area contributed by atoms with Crippen LogP contribution in [0.1, 0.15) is 40.0 Å². The number of hydrogen-bond acceptors (Lipinski definition) is 3. The van der Waals surface area contributed by atoms with Gasteiger partial charge in [-0.15, -0.1) is 0 Å². The van der Waals surface area contributed by atoms with Crippen LogP contribution in [0.4, 0.5) is 0 Å². The van der Waals surface area contributed by atoms with Crippen LogP contribution in [0.3, 0.4) is 0 Å². The van der Waals surface area contributed by atoms with Crippen LogP contribution < -0.4 is 14.8 Å². The van der Waals surface area contributed by atoms with Gasteiger partial charge in [0.15, 0.2) is 11.5 Å². The average Bonchev–Trinajstić information content (AvgIpc) is 3.29. The van der Waals surface area contributed by atoms with Crippen LogP contribution in [0, 0.1) is 0 Å². The first kappa shape index (κ1) is 15.3. The van der Waals surface area contributed by atoms with E-state index in [1.54, 1.807) is 0 Å². The molecule has 1 amide bonds. The van der Waals surface area contributed by atoms with Gasteiger partial charge in [-0.3, -0.25) is 4.79 Å². The Hall–Kier alpha value is -3.01. The summed E-state index contributed by atoms with van der Waals surface area (Å²) in [5.74, 6) is 1.43. The molecule has 130 valence electrons. The summed E-state index contributed by atoms with van der Waals surface area (Å²) in [6.45, 7) is 2.23. The molecule has 4 nitrogen and oxygen atoms in total. The second-order valence-electron chi connectivity index (χ2n) is 6.92. The first-order valence-corrected chi connectivity index (χ1v) is 8.94. The fourth-order valence-electron chi connectivity index (χ4n) is 3.99. The van der Waals surface area contributed by atoms with Gasteiger partial charge in [-0.1, -0.05) is 30.3 Å². The summed E-state index contributed by atoms with van der Waals surface area (Å²) < 4.78 is 10.8. The molecule has 1 atom stereocenters. The Morgan fingerprint density at radius 2 is 1.81 bits per heavy atom. The molecule has 0 aromatic heterocycles. The van der Waals surface area contributed by atoms with Crippen LogP contribution in [0.5, 0.6) is 11.5 Å². The molecular weight excluding hydrogens is 326 g/mol. The van der Waals surface area contributed by atoms with Crippen LogP contribution in [0.15, 0.2) is 48.5 Å². The molecule has 0 radical (unpaired) electrons. The lowest BCUT2D eigenvalue weighted by molar-refractivity contribution is 0.0941. The Morgan fingerprint density at radius 1 is 1.00 bits per heavy atom. The molecular formula is C22H19NO3. The largest absolute Gasteiger partial charge is 0.454 e. The van der Waals surface area contributed by atoms with Crippen molar-refractivity contribution < 1.29 is 14.3 Å². The normalized spacial score (nSPS) is 15.3. The fraction of sp³-hybridized carbons (Fsp3) is 0.227. The highest BCUT2D eigenvalue weighted by Gasteiger charge is 2.21. The highest BCUT2D eigenvalue weighted by molar-refractivity contribution is 6.09. The van der Waals surface area contributed by atoms with Gasteiger partial charge < -0.3 is 14.8 Å². The highest BCUT2D eigenvalue weighted by atomic mass is 16.7. The van der Waals surface area contributed by atoms with Gasteiger partial charge in [-0.05, 0) is 65.4 Å². The molecule has 3 aromatic rings. The molecule has 4 heteroatoms. The van der Waals surface area contributed by atoms with Crippen molar-refractivity contribution in [1.29, 1.82) is 0 Å². The second kappa shape index (κ2) is 5.77. The molecule has 1 unspecified atom stereocenters. The van der Waals surface area contributed by atoms with E-state index in [9.17, 15) is 4.79 Å². The molecule has 1 aliphatic heterocycles. The van der Waals surface area contributed by atoms with E-state index in [0.717, 1.165) is 40.9 Å². The summed E-state index contributed by atoms with van der Waals surface area (Å²) in [7, 11) is 0. The van der Waals surface area contributed by atoms with Gasteiger partial charge in [-0.2, -0.15) is 0 Å². The van der Waals surface area contributed by atoms with E-state index in [1.807, 2.05) is 43.3 Å². The average molecular weight is 345 g/mol. The molecule has 0 saturated heterocycles. The number of amides is 1. The third-order valence-electron chi connectivity index (χ3n) is 5.37. The van der Waals surface area contributed by atoms with E-state index in [1.165, 1.54) is 16.5 Å². The summed E-state index contributed by atoms with van der Waals surface area (Å²) in [6, 6.07) is 16.0. The van der Waals surface area contributed by atoms with Crippen molar-refractivity contribution >= 4 is 16.7 Å². The first-order valence-electron chi connectivity index (χ1n) is 8.94. The third kappa shape index (κ3) is 2.33. The van der Waals surface area contributed by atoms with Crippen LogP contribution >= 0.6 is 0 Å². The molecule has 0 fully saturated rings. The molecule has 0 bridgehead atoms. The van der Waals surface area contributed by atoms with Gasteiger partial charge in [0.2, 0.25) is 6.79 Å². The Bertz CT molecular complexity index is 1030. The summed E-state index contributed by atoms with van der Waals surface area (Å²) in [5, 5.41) is 5.43. The summed E-state index contributed by atoms with van der Waals surface area (Å²) in [4.78, 5) is 13.0. The predicted octanol–water partition coefficient (Wildman–Crippen LogP) is 4.16. The summed E-state index contributed by atoms with van der Waals surface area (Å²) >= 11 is 0. The molecule has 1 heterocycles. The van der Waals surface area contributed by atoms with Crippen molar-refractivity contribution in [3.8, 4) is 11.5 Å². The number of carbonyl (C=O) groups is 1. The van der Waals surface area contributed by atoms with Crippen LogP contribution in [-0.2, 0) is 12.8 Å². The minimum Gasteiger partial charge on any atom is -0.454 e. The molecule has 0 spiro atoms. The zero-order chi connectivity index (χ0) is 17.7. The topological polar surface area (TPSA) is 47.6 Å². The number of rotatable bonds is 3. The van der Waals surface area contributed by atoms with Gasteiger partial charge in [0.05, 0.1) is 6.04 Å². The Kier molecular flexibility index (Phi) is 3.38. The van der Waals surface area contributed by atoms with Gasteiger partial charge >= 0.3 is 0 Å². The quantitative estimate of drug-likeness (QED) is 0.775. The minimum atomic E-state index is -0.125. The van der Waals surface area contributed by atoms with Crippen molar-refractivity contribution in [1.82, 2.24) is 5.32 Å². The maximum absolute atomic E-state index is 13.0. The van der Waals surface area contributed by atoms with Crippen molar-refractivity contribution in [3.63, 3.8) is 0 Å².